The Balaban J connectivity index is 2.13. The van der Waals surface area contributed by atoms with Gasteiger partial charge in [0.05, 0.1) is 5.92 Å². The van der Waals surface area contributed by atoms with Crippen LogP contribution in [0.2, 0.25) is 0 Å². The Labute approximate surface area is 85.3 Å². The molecule has 1 aliphatic rings. The summed E-state index contributed by atoms with van der Waals surface area (Å²) in [4.78, 5) is 16.4. The maximum Gasteiger partial charge on any atom is 0.329 e. The van der Waals surface area contributed by atoms with Crippen LogP contribution in [-0.2, 0) is 9.63 Å². The average molecular weight is 200 g/mol. The lowest BCUT2D eigenvalue weighted by atomic mass is 10.0. The standard InChI is InChI=1S/C10H20N2O2/c1-8(2)6-12-14-10(13)9-4-3-5-11-7-9/h8-9,11-12H,3-7H2,1-2H3. The highest BCUT2D eigenvalue weighted by Crippen LogP contribution is 2.10. The van der Waals surface area contributed by atoms with Crippen molar-refractivity contribution >= 4 is 5.97 Å². The van der Waals surface area contributed by atoms with Crippen LogP contribution in [0.25, 0.3) is 0 Å². The van der Waals surface area contributed by atoms with Crippen LogP contribution in [0.4, 0.5) is 0 Å². The zero-order chi connectivity index (χ0) is 10.4. The fourth-order valence-corrected chi connectivity index (χ4v) is 1.42. The summed E-state index contributed by atoms with van der Waals surface area (Å²) < 4.78 is 0. The average Bonchev–Trinajstić information content (AvgIpc) is 2.18. The molecule has 1 rings (SSSR count). The van der Waals surface area contributed by atoms with Gasteiger partial charge in [-0.2, -0.15) is 5.48 Å². The van der Waals surface area contributed by atoms with Crippen LogP contribution in [-0.4, -0.2) is 25.6 Å². The molecule has 1 fully saturated rings. The number of piperidine rings is 1. The highest BCUT2D eigenvalue weighted by Gasteiger charge is 2.22. The van der Waals surface area contributed by atoms with Gasteiger partial charge < -0.3 is 10.2 Å². The number of hydroxylamine groups is 1. The highest BCUT2D eigenvalue weighted by molar-refractivity contribution is 5.72. The van der Waals surface area contributed by atoms with Crippen molar-refractivity contribution in [3.8, 4) is 0 Å². The summed E-state index contributed by atoms with van der Waals surface area (Å²) in [6, 6.07) is 0. The van der Waals surface area contributed by atoms with E-state index in [1.54, 1.807) is 0 Å². The van der Waals surface area contributed by atoms with E-state index in [9.17, 15) is 4.79 Å². The van der Waals surface area contributed by atoms with Crippen molar-refractivity contribution < 1.29 is 9.63 Å². The summed E-state index contributed by atoms with van der Waals surface area (Å²) in [6.07, 6.45) is 2.00. The Hall–Kier alpha value is -0.610. The van der Waals surface area contributed by atoms with Gasteiger partial charge in [0.1, 0.15) is 0 Å². The monoisotopic (exact) mass is 200 g/mol. The van der Waals surface area contributed by atoms with Crippen molar-refractivity contribution in [1.82, 2.24) is 10.8 Å². The minimum absolute atomic E-state index is 0.0309. The van der Waals surface area contributed by atoms with Crippen molar-refractivity contribution in [3.63, 3.8) is 0 Å². The van der Waals surface area contributed by atoms with Gasteiger partial charge in [-0.05, 0) is 25.3 Å². The molecule has 0 aromatic heterocycles. The molecule has 0 aromatic carbocycles. The van der Waals surface area contributed by atoms with Crippen molar-refractivity contribution in [2.45, 2.75) is 26.7 Å². The molecule has 4 nitrogen and oxygen atoms in total. The van der Waals surface area contributed by atoms with E-state index in [4.69, 9.17) is 4.84 Å². The van der Waals surface area contributed by atoms with Crippen LogP contribution in [0.5, 0.6) is 0 Å². The Bertz CT molecular complexity index is 177. The van der Waals surface area contributed by atoms with E-state index in [1.807, 2.05) is 0 Å². The molecule has 0 amide bonds. The van der Waals surface area contributed by atoms with Gasteiger partial charge in [0, 0.05) is 13.1 Å². The fraction of sp³-hybridized carbons (Fsp3) is 0.900. The van der Waals surface area contributed by atoms with Crippen LogP contribution in [0.15, 0.2) is 0 Å². The first kappa shape index (κ1) is 11.5. The van der Waals surface area contributed by atoms with Crippen molar-refractivity contribution in [3.05, 3.63) is 0 Å². The van der Waals surface area contributed by atoms with Crippen LogP contribution >= 0.6 is 0 Å². The molecule has 1 heterocycles. The molecule has 0 saturated carbocycles. The van der Waals surface area contributed by atoms with Gasteiger partial charge in [-0.15, -0.1) is 0 Å². The topological polar surface area (TPSA) is 50.4 Å². The number of rotatable bonds is 4. The smallest absolute Gasteiger partial charge is 0.329 e. The normalized spacial score (nSPS) is 22.4. The maximum absolute atomic E-state index is 11.5. The van der Waals surface area contributed by atoms with Gasteiger partial charge in [0.15, 0.2) is 0 Å². The third-order valence-electron chi connectivity index (χ3n) is 2.29. The summed E-state index contributed by atoms with van der Waals surface area (Å²) in [5.41, 5.74) is 2.70. The largest absolute Gasteiger partial charge is 0.370 e. The molecule has 0 aromatic rings. The van der Waals surface area contributed by atoms with Gasteiger partial charge in [-0.1, -0.05) is 13.8 Å². The Morgan fingerprint density at radius 3 is 3.00 bits per heavy atom. The molecule has 0 aliphatic carbocycles. The second kappa shape index (κ2) is 5.98. The third kappa shape index (κ3) is 4.07. The predicted molar refractivity (Wildman–Crippen MR) is 54.5 cm³/mol. The van der Waals surface area contributed by atoms with Crippen LogP contribution in [0.3, 0.4) is 0 Å². The number of carbonyl (C=O) groups is 1. The molecular formula is C10H20N2O2. The number of carbonyl (C=O) groups excluding carboxylic acids is 1. The molecular weight excluding hydrogens is 180 g/mol. The van der Waals surface area contributed by atoms with E-state index in [0.717, 1.165) is 25.9 Å². The Morgan fingerprint density at radius 2 is 2.43 bits per heavy atom. The molecule has 2 N–H and O–H groups in total. The zero-order valence-corrected chi connectivity index (χ0v) is 9.01. The molecule has 0 spiro atoms. The summed E-state index contributed by atoms with van der Waals surface area (Å²) in [5, 5.41) is 3.19. The second-order valence-electron chi connectivity index (χ2n) is 4.21. The van der Waals surface area contributed by atoms with Gasteiger partial charge in [-0.3, -0.25) is 4.79 Å². The first-order chi connectivity index (χ1) is 6.70. The maximum atomic E-state index is 11.5. The van der Waals surface area contributed by atoms with Crippen LogP contribution < -0.4 is 10.8 Å². The SMILES string of the molecule is CC(C)CNOC(=O)C1CCCNC1. The molecule has 1 saturated heterocycles. The minimum atomic E-state index is -0.127. The Kier molecular flexibility index (Phi) is 4.90. The summed E-state index contributed by atoms with van der Waals surface area (Å²) in [6.45, 7) is 6.63. The van der Waals surface area contributed by atoms with Gasteiger partial charge in [0.25, 0.3) is 0 Å². The van der Waals surface area contributed by atoms with Crippen molar-refractivity contribution in [2.75, 3.05) is 19.6 Å². The molecule has 14 heavy (non-hydrogen) atoms. The van der Waals surface area contributed by atoms with Gasteiger partial charge in [-0.25, -0.2) is 0 Å². The van der Waals surface area contributed by atoms with E-state index in [-0.39, 0.29) is 11.9 Å². The van der Waals surface area contributed by atoms with Crippen LogP contribution in [0.1, 0.15) is 26.7 Å². The zero-order valence-electron chi connectivity index (χ0n) is 9.01. The van der Waals surface area contributed by atoms with E-state index in [2.05, 4.69) is 24.6 Å². The lowest BCUT2D eigenvalue weighted by molar-refractivity contribution is -0.157. The number of hydrogen-bond acceptors (Lipinski definition) is 4. The lowest BCUT2D eigenvalue weighted by Gasteiger charge is -2.21. The molecule has 1 aliphatic heterocycles. The van der Waals surface area contributed by atoms with Crippen LogP contribution in [0, 0.1) is 11.8 Å². The van der Waals surface area contributed by atoms with Crippen molar-refractivity contribution in [2.24, 2.45) is 11.8 Å². The lowest BCUT2D eigenvalue weighted by Crippen LogP contribution is -2.37. The molecule has 1 unspecified atom stereocenters. The third-order valence-corrected chi connectivity index (χ3v) is 2.29. The molecule has 82 valence electrons. The summed E-state index contributed by atoms with van der Waals surface area (Å²) in [5.74, 6) is 0.397. The van der Waals surface area contributed by atoms with Gasteiger partial charge in [0.2, 0.25) is 0 Å². The predicted octanol–water partition coefficient (Wildman–Crippen LogP) is 0.690. The first-order valence-corrected chi connectivity index (χ1v) is 5.34. The Morgan fingerprint density at radius 1 is 1.64 bits per heavy atom. The molecule has 0 bridgehead atoms. The molecule has 0 radical (unpaired) electrons. The quantitative estimate of drug-likeness (QED) is 0.656. The van der Waals surface area contributed by atoms with Gasteiger partial charge >= 0.3 is 5.97 Å². The summed E-state index contributed by atoms with van der Waals surface area (Å²) in [7, 11) is 0. The van der Waals surface area contributed by atoms with E-state index in [0.29, 0.717) is 12.5 Å². The van der Waals surface area contributed by atoms with Crippen molar-refractivity contribution in [1.29, 1.82) is 0 Å². The van der Waals surface area contributed by atoms with E-state index >= 15 is 0 Å². The number of hydrogen-bond donors (Lipinski definition) is 2. The summed E-state index contributed by atoms with van der Waals surface area (Å²) >= 11 is 0. The fourth-order valence-electron chi connectivity index (χ4n) is 1.42. The first-order valence-electron chi connectivity index (χ1n) is 5.34. The highest BCUT2D eigenvalue weighted by atomic mass is 16.7. The number of nitrogens with one attached hydrogen (secondary N) is 2. The minimum Gasteiger partial charge on any atom is -0.370 e. The van der Waals surface area contributed by atoms with E-state index in [1.165, 1.54) is 0 Å². The van der Waals surface area contributed by atoms with E-state index < -0.39 is 0 Å². The second-order valence-corrected chi connectivity index (χ2v) is 4.21. The molecule has 1 atom stereocenters. The molecule has 4 heteroatoms.